The molecular weight excluding hydrogens is 328 g/mol. The number of carbonyl (C=O) groups is 1. The van der Waals surface area contributed by atoms with Crippen LogP contribution in [0.3, 0.4) is 0 Å². The fourth-order valence-corrected chi connectivity index (χ4v) is 2.85. The number of halogens is 1. The van der Waals surface area contributed by atoms with Crippen molar-refractivity contribution in [3.63, 3.8) is 0 Å². The number of hydrogen-bond acceptors (Lipinski definition) is 4. The third-order valence-electron chi connectivity index (χ3n) is 2.37. The van der Waals surface area contributed by atoms with Crippen LogP contribution in [-0.2, 0) is 11.3 Å². The van der Waals surface area contributed by atoms with E-state index in [1.807, 2.05) is 11.4 Å². The van der Waals surface area contributed by atoms with Gasteiger partial charge in [-0.25, -0.2) is 4.79 Å². The fraction of sp³-hybridized carbons (Fsp3) is 0.214. The lowest BCUT2D eigenvalue weighted by Crippen LogP contribution is -2.04. The first-order valence-electron chi connectivity index (χ1n) is 5.82. The molecule has 1 aromatic carbocycles. The van der Waals surface area contributed by atoms with E-state index >= 15 is 0 Å². The van der Waals surface area contributed by atoms with Crippen molar-refractivity contribution < 1.29 is 14.3 Å². The quantitative estimate of drug-likeness (QED) is 0.762. The Bertz CT molecular complexity index is 548. The zero-order valence-electron chi connectivity index (χ0n) is 10.4. The molecule has 2 rings (SSSR count). The van der Waals surface area contributed by atoms with Gasteiger partial charge in [0.25, 0.3) is 0 Å². The summed E-state index contributed by atoms with van der Waals surface area (Å²) in [6.45, 7) is 2.69. The second kappa shape index (κ2) is 6.73. The number of carbonyl (C=O) groups excluding carboxylic acids is 1. The maximum atomic E-state index is 11.5. The number of hydrogen-bond donors (Lipinski definition) is 0. The highest BCUT2D eigenvalue weighted by atomic mass is 79.9. The van der Waals surface area contributed by atoms with Gasteiger partial charge < -0.3 is 9.47 Å². The van der Waals surface area contributed by atoms with Gasteiger partial charge in [0.2, 0.25) is 0 Å². The summed E-state index contributed by atoms with van der Waals surface area (Å²) in [6, 6.07) is 8.98. The number of esters is 1. The van der Waals surface area contributed by atoms with Crippen LogP contribution in [0, 0.1) is 0 Å². The maximum absolute atomic E-state index is 11.5. The average molecular weight is 341 g/mol. The number of benzene rings is 1. The molecule has 1 heterocycles. The lowest BCUT2D eigenvalue weighted by Gasteiger charge is -2.06. The maximum Gasteiger partial charge on any atom is 0.338 e. The molecule has 0 fully saturated rings. The molecule has 100 valence electrons. The summed E-state index contributed by atoms with van der Waals surface area (Å²) >= 11 is 5.04. The molecule has 0 aliphatic rings. The van der Waals surface area contributed by atoms with E-state index in [0.29, 0.717) is 18.8 Å². The lowest BCUT2D eigenvalue weighted by atomic mass is 10.2. The molecule has 0 radical (unpaired) electrons. The molecule has 19 heavy (non-hydrogen) atoms. The second-order valence-electron chi connectivity index (χ2n) is 3.76. The van der Waals surface area contributed by atoms with E-state index in [-0.39, 0.29) is 5.97 Å². The molecule has 0 aliphatic carbocycles. The minimum atomic E-state index is -0.309. The molecule has 0 N–H and O–H groups in total. The molecule has 5 heteroatoms. The van der Waals surface area contributed by atoms with Crippen molar-refractivity contribution in [2.45, 2.75) is 13.5 Å². The summed E-state index contributed by atoms with van der Waals surface area (Å²) < 4.78 is 11.6. The van der Waals surface area contributed by atoms with Gasteiger partial charge in [-0.05, 0) is 53.2 Å². The van der Waals surface area contributed by atoms with E-state index in [1.165, 1.54) is 0 Å². The molecule has 0 saturated heterocycles. The van der Waals surface area contributed by atoms with Gasteiger partial charge in [0.1, 0.15) is 12.4 Å². The summed E-state index contributed by atoms with van der Waals surface area (Å²) in [4.78, 5) is 12.6. The van der Waals surface area contributed by atoms with Gasteiger partial charge in [-0.1, -0.05) is 0 Å². The third kappa shape index (κ3) is 4.08. The van der Waals surface area contributed by atoms with E-state index in [0.717, 1.165) is 15.1 Å². The average Bonchev–Trinajstić information content (AvgIpc) is 2.83. The summed E-state index contributed by atoms with van der Waals surface area (Å²) in [5, 5.41) is 2.02. The molecule has 0 saturated carbocycles. The van der Waals surface area contributed by atoms with E-state index in [4.69, 9.17) is 9.47 Å². The van der Waals surface area contributed by atoms with E-state index in [2.05, 4.69) is 15.9 Å². The van der Waals surface area contributed by atoms with E-state index < -0.39 is 0 Å². The minimum Gasteiger partial charge on any atom is -0.488 e. The standard InChI is InChI=1S/C14H13BrO3S/c1-2-17-14(16)10-3-5-12(6-4-10)18-8-13-7-11(15)9-19-13/h3-7,9H,2,8H2,1H3. The third-order valence-corrected chi connectivity index (χ3v) is 4.04. The predicted octanol–water partition coefficient (Wildman–Crippen LogP) is 4.27. The number of ether oxygens (including phenoxy) is 2. The smallest absolute Gasteiger partial charge is 0.338 e. The van der Waals surface area contributed by atoms with Crippen LogP contribution in [0.1, 0.15) is 22.2 Å². The van der Waals surface area contributed by atoms with Gasteiger partial charge in [-0.3, -0.25) is 0 Å². The zero-order chi connectivity index (χ0) is 13.7. The summed E-state index contributed by atoms with van der Waals surface area (Å²) in [6.07, 6.45) is 0. The Kier molecular flexibility index (Phi) is 4.99. The van der Waals surface area contributed by atoms with Crippen LogP contribution < -0.4 is 4.74 Å². The highest BCUT2D eigenvalue weighted by Gasteiger charge is 2.06. The van der Waals surface area contributed by atoms with Crippen LogP contribution in [0.15, 0.2) is 40.2 Å². The molecule has 0 spiro atoms. The highest BCUT2D eigenvalue weighted by molar-refractivity contribution is 9.10. The lowest BCUT2D eigenvalue weighted by molar-refractivity contribution is 0.0526. The van der Waals surface area contributed by atoms with Crippen LogP contribution >= 0.6 is 27.3 Å². The topological polar surface area (TPSA) is 35.5 Å². The highest BCUT2D eigenvalue weighted by Crippen LogP contribution is 2.22. The second-order valence-corrected chi connectivity index (χ2v) is 5.68. The van der Waals surface area contributed by atoms with Crippen molar-refractivity contribution in [3.05, 3.63) is 50.6 Å². The largest absolute Gasteiger partial charge is 0.488 e. The van der Waals surface area contributed by atoms with Gasteiger partial charge in [0, 0.05) is 14.7 Å². The molecule has 1 aromatic heterocycles. The van der Waals surface area contributed by atoms with Crippen molar-refractivity contribution >= 4 is 33.2 Å². The SMILES string of the molecule is CCOC(=O)c1ccc(OCc2cc(Br)cs2)cc1. The van der Waals surface area contributed by atoms with Crippen molar-refractivity contribution in [3.8, 4) is 5.75 Å². The first-order valence-corrected chi connectivity index (χ1v) is 7.49. The van der Waals surface area contributed by atoms with Gasteiger partial charge in [0.15, 0.2) is 0 Å². The van der Waals surface area contributed by atoms with E-state index in [1.54, 1.807) is 42.5 Å². The number of thiophene rings is 1. The monoisotopic (exact) mass is 340 g/mol. The molecule has 3 nitrogen and oxygen atoms in total. The molecule has 0 amide bonds. The Morgan fingerprint density at radius 1 is 1.32 bits per heavy atom. The summed E-state index contributed by atoms with van der Waals surface area (Å²) in [7, 11) is 0. The Hall–Kier alpha value is -1.33. The molecular formula is C14H13BrO3S. The zero-order valence-corrected chi connectivity index (χ0v) is 12.8. The van der Waals surface area contributed by atoms with Crippen molar-refractivity contribution in [2.75, 3.05) is 6.61 Å². The van der Waals surface area contributed by atoms with Gasteiger partial charge >= 0.3 is 5.97 Å². The van der Waals surface area contributed by atoms with Crippen LogP contribution in [0.2, 0.25) is 0 Å². The molecule has 0 unspecified atom stereocenters. The fourth-order valence-electron chi connectivity index (χ4n) is 1.49. The first-order chi connectivity index (χ1) is 9.19. The van der Waals surface area contributed by atoms with Crippen molar-refractivity contribution in [2.24, 2.45) is 0 Å². The van der Waals surface area contributed by atoms with Crippen LogP contribution in [-0.4, -0.2) is 12.6 Å². The number of rotatable bonds is 5. The van der Waals surface area contributed by atoms with Crippen molar-refractivity contribution in [1.82, 2.24) is 0 Å². The molecule has 0 aliphatic heterocycles. The van der Waals surface area contributed by atoms with Gasteiger partial charge in [0.05, 0.1) is 12.2 Å². The first kappa shape index (κ1) is 14.1. The Morgan fingerprint density at radius 3 is 2.63 bits per heavy atom. The van der Waals surface area contributed by atoms with Crippen LogP contribution in [0.25, 0.3) is 0 Å². The normalized spacial score (nSPS) is 10.2. The van der Waals surface area contributed by atoms with Crippen LogP contribution in [0.5, 0.6) is 5.75 Å². The predicted molar refractivity (Wildman–Crippen MR) is 78.7 cm³/mol. The van der Waals surface area contributed by atoms with E-state index in [9.17, 15) is 4.79 Å². The Morgan fingerprint density at radius 2 is 2.05 bits per heavy atom. The Labute approximate surface area is 124 Å². The van der Waals surface area contributed by atoms with Gasteiger partial charge in [-0.2, -0.15) is 0 Å². The molecule has 0 bridgehead atoms. The molecule has 0 atom stereocenters. The summed E-state index contributed by atoms with van der Waals surface area (Å²) in [5.74, 6) is 0.425. The van der Waals surface area contributed by atoms with Crippen LogP contribution in [0.4, 0.5) is 0 Å². The van der Waals surface area contributed by atoms with Gasteiger partial charge in [-0.15, -0.1) is 11.3 Å². The van der Waals surface area contributed by atoms with Crippen molar-refractivity contribution in [1.29, 1.82) is 0 Å². The summed E-state index contributed by atoms with van der Waals surface area (Å²) in [5.41, 5.74) is 0.535. The molecule has 2 aromatic rings. The minimum absolute atomic E-state index is 0.309. The Balaban J connectivity index is 1.93.